The highest BCUT2D eigenvalue weighted by Crippen LogP contribution is 2.16. The highest BCUT2D eigenvalue weighted by molar-refractivity contribution is 6.16. The van der Waals surface area contributed by atoms with E-state index < -0.39 is 0 Å². The zero-order valence-corrected chi connectivity index (χ0v) is 16.7. The second kappa shape index (κ2) is 13.8. The summed E-state index contributed by atoms with van der Waals surface area (Å²) in [5.74, 6) is 0. The molecule has 0 bridgehead atoms. The predicted octanol–water partition coefficient (Wildman–Crippen LogP) is 3.22. The van der Waals surface area contributed by atoms with E-state index in [0.29, 0.717) is 6.17 Å². The molecule has 0 saturated carbocycles. The summed E-state index contributed by atoms with van der Waals surface area (Å²) in [4.78, 5) is 5.46. The Kier molecular flexibility index (Phi) is 13.8. The SMILES string of the molecule is CCCN(CCC)C(CCC=C[SiH3])N(CCC)CCC. The van der Waals surface area contributed by atoms with Crippen LogP contribution in [0.25, 0.3) is 0 Å². The van der Waals surface area contributed by atoms with Gasteiger partial charge in [-0.3, -0.25) is 9.80 Å². The number of nitrogens with zero attached hydrogens (tertiary/aromatic N) is 2. The average molecular weight is 299 g/mol. The molecule has 0 heterocycles. The van der Waals surface area contributed by atoms with Crippen molar-refractivity contribution in [1.29, 1.82) is 0 Å². The third kappa shape index (κ3) is 8.23. The van der Waals surface area contributed by atoms with Gasteiger partial charge in [-0.2, -0.15) is 0 Å². The maximum Gasteiger partial charge on any atom is 0.0625 e. The number of allylic oxidation sites excluding steroid dienone is 1. The molecule has 0 rings (SSSR count). The average Bonchev–Trinajstić information content (AvgIpc) is 2.44. The Morgan fingerprint density at radius 1 is 0.800 bits per heavy atom. The first-order chi connectivity index (χ1) is 9.74. The van der Waals surface area contributed by atoms with Gasteiger partial charge in [-0.05, 0) is 64.7 Å². The lowest BCUT2D eigenvalue weighted by molar-refractivity contribution is 0.0354. The second-order valence-corrected chi connectivity index (χ2v) is 6.37. The lowest BCUT2D eigenvalue weighted by Crippen LogP contribution is -2.49. The van der Waals surface area contributed by atoms with E-state index in [9.17, 15) is 0 Å². The quantitative estimate of drug-likeness (QED) is 0.380. The van der Waals surface area contributed by atoms with Crippen LogP contribution >= 0.6 is 0 Å². The minimum absolute atomic E-state index is 0.646. The maximum absolute atomic E-state index is 2.73. The monoisotopic (exact) mass is 298 g/mol. The van der Waals surface area contributed by atoms with Gasteiger partial charge in [0.05, 0.1) is 6.17 Å². The fraction of sp³-hybridized carbons (Fsp3) is 0.882. The zero-order valence-electron chi connectivity index (χ0n) is 14.7. The van der Waals surface area contributed by atoms with Crippen molar-refractivity contribution in [1.82, 2.24) is 9.80 Å². The lowest BCUT2D eigenvalue weighted by atomic mass is 10.1. The Morgan fingerprint density at radius 2 is 1.20 bits per heavy atom. The molecule has 0 saturated heterocycles. The molecule has 2 nitrogen and oxygen atoms in total. The molecule has 0 spiro atoms. The van der Waals surface area contributed by atoms with Crippen molar-refractivity contribution in [3.8, 4) is 0 Å². The molecule has 0 aliphatic heterocycles. The van der Waals surface area contributed by atoms with Gasteiger partial charge in [-0.25, -0.2) is 0 Å². The van der Waals surface area contributed by atoms with Crippen molar-refractivity contribution in [2.45, 2.75) is 72.4 Å². The topological polar surface area (TPSA) is 6.48 Å². The Bertz CT molecular complexity index is 203. The van der Waals surface area contributed by atoms with E-state index in [1.165, 1.54) is 74.9 Å². The van der Waals surface area contributed by atoms with E-state index >= 15 is 0 Å². The first-order valence-corrected chi connectivity index (χ1v) is 9.99. The molecule has 0 aromatic rings. The molecule has 20 heavy (non-hydrogen) atoms. The highest BCUT2D eigenvalue weighted by Gasteiger charge is 2.22. The second-order valence-electron chi connectivity index (χ2n) is 5.70. The summed E-state index contributed by atoms with van der Waals surface area (Å²) in [6, 6.07) is 0. The van der Waals surface area contributed by atoms with Crippen LogP contribution < -0.4 is 0 Å². The molecule has 0 atom stereocenters. The Balaban J connectivity index is 4.85. The third-order valence-corrected chi connectivity index (χ3v) is 4.18. The highest BCUT2D eigenvalue weighted by atomic mass is 28.1. The zero-order chi connectivity index (χ0) is 15.2. The molecule has 0 aromatic heterocycles. The molecule has 0 radical (unpaired) electrons. The van der Waals surface area contributed by atoms with Crippen LogP contribution in [0.4, 0.5) is 0 Å². The third-order valence-electron chi connectivity index (χ3n) is 3.71. The van der Waals surface area contributed by atoms with Crippen LogP contribution in [-0.2, 0) is 0 Å². The van der Waals surface area contributed by atoms with Gasteiger partial charge in [0.15, 0.2) is 0 Å². The van der Waals surface area contributed by atoms with Gasteiger partial charge < -0.3 is 0 Å². The summed E-state index contributed by atoms with van der Waals surface area (Å²) >= 11 is 0. The van der Waals surface area contributed by atoms with Gasteiger partial charge in [0.25, 0.3) is 0 Å². The van der Waals surface area contributed by atoms with Gasteiger partial charge in [-0.15, -0.1) is 5.70 Å². The normalized spacial score (nSPS) is 12.6. The first kappa shape index (κ1) is 19.9. The van der Waals surface area contributed by atoms with Crippen LogP contribution in [0.2, 0.25) is 0 Å². The number of hydrogen-bond acceptors (Lipinski definition) is 2. The molecule has 0 aliphatic carbocycles. The van der Waals surface area contributed by atoms with Crippen molar-refractivity contribution in [2.24, 2.45) is 0 Å². The molecular formula is C17H38N2Si. The van der Waals surface area contributed by atoms with Crippen LogP contribution in [0.15, 0.2) is 11.8 Å². The van der Waals surface area contributed by atoms with Gasteiger partial charge >= 0.3 is 0 Å². The van der Waals surface area contributed by atoms with E-state index in [-0.39, 0.29) is 0 Å². The van der Waals surface area contributed by atoms with E-state index in [4.69, 9.17) is 0 Å². The van der Waals surface area contributed by atoms with E-state index in [2.05, 4.69) is 49.3 Å². The molecular weight excluding hydrogens is 260 g/mol. The molecule has 120 valence electrons. The summed E-state index contributed by atoms with van der Waals surface area (Å²) < 4.78 is 0. The Morgan fingerprint density at radius 3 is 1.50 bits per heavy atom. The Labute approximate surface area is 131 Å². The molecule has 0 unspecified atom stereocenters. The molecule has 0 aromatic carbocycles. The van der Waals surface area contributed by atoms with Crippen molar-refractivity contribution in [2.75, 3.05) is 26.2 Å². The van der Waals surface area contributed by atoms with Crippen molar-refractivity contribution in [3.63, 3.8) is 0 Å². The lowest BCUT2D eigenvalue weighted by Gasteiger charge is -2.40. The van der Waals surface area contributed by atoms with Crippen LogP contribution in [0.3, 0.4) is 0 Å². The summed E-state index contributed by atoms with van der Waals surface area (Å²) in [6.45, 7) is 14.2. The fourth-order valence-corrected chi connectivity index (χ4v) is 3.31. The summed E-state index contributed by atoms with van der Waals surface area (Å²) in [7, 11) is 1.19. The van der Waals surface area contributed by atoms with Crippen LogP contribution in [0.5, 0.6) is 0 Å². The van der Waals surface area contributed by atoms with Crippen molar-refractivity contribution in [3.05, 3.63) is 11.8 Å². The minimum Gasteiger partial charge on any atom is -0.288 e. The molecule has 3 heteroatoms. The molecule has 0 amide bonds. The molecule has 0 N–H and O–H groups in total. The first-order valence-electron chi connectivity index (χ1n) is 8.84. The van der Waals surface area contributed by atoms with E-state index in [0.717, 1.165) is 0 Å². The van der Waals surface area contributed by atoms with Crippen LogP contribution in [0.1, 0.15) is 66.2 Å². The van der Waals surface area contributed by atoms with Crippen molar-refractivity contribution < 1.29 is 0 Å². The van der Waals surface area contributed by atoms with Crippen molar-refractivity contribution >= 4 is 10.2 Å². The summed E-state index contributed by atoms with van der Waals surface area (Å²) in [6.07, 6.45) is 10.6. The number of hydrogen-bond donors (Lipinski definition) is 0. The predicted molar refractivity (Wildman–Crippen MR) is 96.4 cm³/mol. The van der Waals surface area contributed by atoms with Gasteiger partial charge in [-0.1, -0.05) is 33.8 Å². The van der Waals surface area contributed by atoms with Gasteiger partial charge in [0.1, 0.15) is 0 Å². The summed E-state index contributed by atoms with van der Waals surface area (Å²) in [5.41, 5.74) is 2.32. The minimum atomic E-state index is 0.646. The van der Waals surface area contributed by atoms with E-state index in [1.807, 2.05) is 0 Å². The van der Waals surface area contributed by atoms with Crippen LogP contribution in [-0.4, -0.2) is 52.4 Å². The maximum atomic E-state index is 2.73. The Hall–Kier alpha value is -0.123. The van der Waals surface area contributed by atoms with E-state index in [1.54, 1.807) is 0 Å². The molecule has 0 aliphatic rings. The smallest absolute Gasteiger partial charge is 0.0625 e. The largest absolute Gasteiger partial charge is 0.288 e. The van der Waals surface area contributed by atoms with Gasteiger partial charge in [0, 0.05) is 10.2 Å². The van der Waals surface area contributed by atoms with Crippen LogP contribution in [0, 0.1) is 0 Å². The summed E-state index contributed by atoms with van der Waals surface area (Å²) in [5, 5.41) is 0. The number of rotatable bonds is 13. The van der Waals surface area contributed by atoms with Gasteiger partial charge in [0.2, 0.25) is 0 Å². The standard InChI is InChI=1S/C17H38N2Si/c1-5-12-18(13-6-2)17(11-9-10-16-20)19(14-7-3)15-8-4/h10,16-17H,5-9,11-15H2,1-4,20H3. The molecule has 0 fully saturated rings. The fourth-order valence-electron chi connectivity index (χ4n) is 2.98.